The first-order chi connectivity index (χ1) is 14.4. The molecule has 7 heteroatoms. The molecule has 2 aromatic carbocycles. The number of allylic oxidation sites excluding steroid dienone is 1. The van der Waals surface area contributed by atoms with Gasteiger partial charge in [-0.1, -0.05) is 54.6 Å². The summed E-state index contributed by atoms with van der Waals surface area (Å²) in [6.45, 7) is 4.14. The summed E-state index contributed by atoms with van der Waals surface area (Å²) >= 11 is 0. The maximum absolute atomic E-state index is 12.8. The Bertz CT molecular complexity index is 988. The number of halogens is 1. The van der Waals surface area contributed by atoms with Gasteiger partial charge in [0.25, 0.3) is 5.91 Å². The van der Waals surface area contributed by atoms with Crippen LogP contribution in [0.4, 0.5) is 0 Å². The van der Waals surface area contributed by atoms with Gasteiger partial charge in [-0.15, -0.1) is 0 Å². The molecule has 164 valence electrons. The predicted octanol–water partition coefficient (Wildman–Crippen LogP) is -0.892. The van der Waals surface area contributed by atoms with E-state index in [1.807, 2.05) is 37.3 Å². The second-order valence-electron chi connectivity index (χ2n) is 7.46. The smallest absolute Gasteiger partial charge is 0.280 e. The van der Waals surface area contributed by atoms with Gasteiger partial charge in [0.2, 0.25) is 0 Å². The summed E-state index contributed by atoms with van der Waals surface area (Å²) in [5, 5.41) is 2.81. The minimum absolute atomic E-state index is 0. The Kier molecular flexibility index (Phi) is 8.68. The summed E-state index contributed by atoms with van der Waals surface area (Å²) < 4.78 is 5.76. The van der Waals surface area contributed by atoms with E-state index in [1.54, 1.807) is 31.2 Å². The fourth-order valence-corrected chi connectivity index (χ4v) is 3.43. The number of quaternary nitrogens is 1. The van der Waals surface area contributed by atoms with Gasteiger partial charge in [0.15, 0.2) is 17.6 Å². The first-order valence-electron chi connectivity index (χ1n) is 10.0. The van der Waals surface area contributed by atoms with Crippen molar-refractivity contribution in [3.8, 4) is 0 Å². The van der Waals surface area contributed by atoms with E-state index in [4.69, 9.17) is 4.74 Å². The van der Waals surface area contributed by atoms with E-state index in [0.29, 0.717) is 35.3 Å². The quantitative estimate of drug-likeness (QED) is 0.553. The fraction of sp³-hybridized carbons (Fsp3) is 0.292. The van der Waals surface area contributed by atoms with Gasteiger partial charge >= 0.3 is 0 Å². The van der Waals surface area contributed by atoms with Gasteiger partial charge in [0.05, 0.1) is 6.61 Å². The number of ketones is 2. The second kappa shape index (κ2) is 11.0. The third kappa shape index (κ3) is 5.67. The number of amides is 1. The standard InChI is InChI=1S/C24H26N2O4.ClH/c1-15-18(23(28)20-11-7-6-10-19(20)22(15)27)12-13-26-24(29)21(25)16(2)30-14-17-8-4-3-5-9-17;/h3-11,16,21H,12-14,25H2,1-2H3,(H,26,29);1H/t16?,21-;/m1./s1. The molecule has 31 heavy (non-hydrogen) atoms. The van der Waals surface area contributed by atoms with Crippen LogP contribution in [0.5, 0.6) is 0 Å². The number of Topliss-reactive ketones (excluding diaryl/α,β-unsaturated/α-hetero) is 2. The Balaban J connectivity index is 0.00000341. The van der Waals surface area contributed by atoms with Gasteiger partial charge in [-0.3, -0.25) is 14.4 Å². The molecule has 0 aliphatic heterocycles. The van der Waals surface area contributed by atoms with Crippen LogP contribution >= 0.6 is 0 Å². The average Bonchev–Trinajstić information content (AvgIpc) is 2.78. The molecule has 0 spiro atoms. The second-order valence-corrected chi connectivity index (χ2v) is 7.46. The molecule has 0 fully saturated rings. The normalized spacial score (nSPS) is 15.1. The number of ether oxygens (including phenoxy) is 1. The maximum Gasteiger partial charge on any atom is 0.280 e. The highest BCUT2D eigenvalue weighted by molar-refractivity contribution is 6.26. The number of carbonyl (C=O) groups excluding carboxylic acids is 3. The summed E-state index contributed by atoms with van der Waals surface area (Å²) in [7, 11) is 0. The van der Waals surface area contributed by atoms with Gasteiger partial charge < -0.3 is 28.2 Å². The van der Waals surface area contributed by atoms with Gasteiger partial charge in [0, 0.05) is 28.8 Å². The summed E-state index contributed by atoms with van der Waals surface area (Å²) in [6.07, 6.45) is -0.0708. The molecular formula is C24H27ClN2O4. The summed E-state index contributed by atoms with van der Waals surface area (Å²) in [4.78, 5) is 37.7. The van der Waals surface area contributed by atoms with Crippen molar-refractivity contribution >= 4 is 17.5 Å². The first kappa shape index (κ1) is 24.5. The highest BCUT2D eigenvalue weighted by Crippen LogP contribution is 2.27. The zero-order chi connectivity index (χ0) is 21.7. The van der Waals surface area contributed by atoms with Gasteiger partial charge in [-0.05, 0) is 25.8 Å². The van der Waals surface area contributed by atoms with Crippen molar-refractivity contribution in [1.82, 2.24) is 5.32 Å². The third-order valence-corrected chi connectivity index (χ3v) is 5.42. The zero-order valence-corrected chi connectivity index (χ0v) is 18.4. The van der Waals surface area contributed by atoms with Gasteiger partial charge in [0.1, 0.15) is 6.10 Å². The zero-order valence-electron chi connectivity index (χ0n) is 17.7. The van der Waals surface area contributed by atoms with Crippen LogP contribution in [0.2, 0.25) is 0 Å². The number of hydrogen-bond acceptors (Lipinski definition) is 4. The molecule has 1 amide bonds. The van der Waals surface area contributed by atoms with Crippen molar-refractivity contribution in [1.29, 1.82) is 0 Å². The Morgan fingerprint density at radius 2 is 1.58 bits per heavy atom. The molecule has 0 aromatic heterocycles. The molecule has 4 N–H and O–H groups in total. The number of carbonyl (C=O) groups is 3. The van der Waals surface area contributed by atoms with Gasteiger partial charge in [-0.25, -0.2) is 0 Å². The molecular weight excluding hydrogens is 416 g/mol. The van der Waals surface area contributed by atoms with Crippen molar-refractivity contribution in [2.45, 2.75) is 39.0 Å². The van der Waals surface area contributed by atoms with Crippen molar-refractivity contribution in [2.75, 3.05) is 6.54 Å². The van der Waals surface area contributed by atoms with Crippen LogP contribution in [0.15, 0.2) is 65.7 Å². The van der Waals surface area contributed by atoms with Crippen LogP contribution in [0.1, 0.15) is 46.5 Å². The summed E-state index contributed by atoms with van der Waals surface area (Å²) in [5.41, 5.74) is 6.70. The van der Waals surface area contributed by atoms with Crippen LogP contribution in [0, 0.1) is 0 Å². The van der Waals surface area contributed by atoms with Crippen LogP contribution in [-0.4, -0.2) is 36.2 Å². The largest absolute Gasteiger partial charge is 1.00 e. The number of benzene rings is 2. The monoisotopic (exact) mass is 442 g/mol. The fourth-order valence-electron chi connectivity index (χ4n) is 3.43. The number of hydrogen-bond donors (Lipinski definition) is 2. The SMILES string of the molecule is CC1=C(CCNC(=O)[C@H]([NH3+])C(C)OCc2ccccc2)C(=O)c2ccccc2C1=O.[Cl-]. The highest BCUT2D eigenvalue weighted by atomic mass is 35.5. The summed E-state index contributed by atoms with van der Waals surface area (Å²) in [6, 6.07) is 16.0. The van der Waals surface area contributed by atoms with Crippen LogP contribution in [0.25, 0.3) is 0 Å². The van der Waals surface area contributed by atoms with Gasteiger partial charge in [-0.2, -0.15) is 0 Å². The number of fused-ring (bicyclic) bond motifs is 1. The molecule has 0 radical (unpaired) electrons. The minimum Gasteiger partial charge on any atom is -1.00 e. The molecule has 6 nitrogen and oxygen atoms in total. The van der Waals surface area contributed by atoms with Crippen molar-refractivity contribution < 1.29 is 37.3 Å². The third-order valence-electron chi connectivity index (χ3n) is 5.42. The average molecular weight is 443 g/mol. The lowest BCUT2D eigenvalue weighted by molar-refractivity contribution is -0.422. The minimum atomic E-state index is -0.590. The molecule has 0 saturated carbocycles. The van der Waals surface area contributed by atoms with E-state index in [9.17, 15) is 14.4 Å². The van der Waals surface area contributed by atoms with Crippen LogP contribution in [-0.2, 0) is 16.1 Å². The molecule has 1 aliphatic carbocycles. The Morgan fingerprint density at radius 1 is 1.00 bits per heavy atom. The van der Waals surface area contributed by atoms with E-state index in [1.165, 1.54) is 0 Å². The molecule has 1 unspecified atom stereocenters. The number of rotatable bonds is 8. The first-order valence-corrected chi connectivity index (χ1v) is 10.0. The van der Waals surface area contributed by atoms with E-state index >= 15 is 0 Å². The molecule has 0 heterocycles. The van der Waals surface area contributed by atoms with E-state index in [-0.39, 0.29) is 42.5 Å². The lowest BCUT2D eigenvalue weighted by atomic mass is 9.83. The Hall–Kier alpha value is -2.80. The molecule has 2 aromatic rings. The van der Waals surface area contributed by atoms with E-state index in [0.717, 1.165) is 5.56 Å². The van der Waals surface area contributed by atoms with Crippen LogP contribution in [0.3, 0.4) is 0 Å². The molecule has 0 saturated heterocycles. The summed E-state index contributed by atoms with van der Waals surface area (Å²) in [5.74, 6) is -0.531. The lowest BCUT2D eigenvalue weighted by Gasteiger charge is -2.20. The lowest BCUT2D eigenvalue weighted by Crippen LogP contribution is -3.00. The molecule has 0 bridgehead atoms. The number of nitrogens with one attached hydrogen (secondary N) is 1. The molecule has 3 rings (SSSR count). The van der Waals surface area contributed by atoms with E-state index < -0.39 is 6.04 Å². The van der Waals surface area contributed by atoms with Crippen LogP contribution < -0.4 is 23.5 Å². The topological polar surface area (TPSA) is 100 Å². The van der Waals surface area contributed by atoms with Crippen molar-refractivity contribution in [3.63, 3.8) is 0 Å². The Labute approximate surface area is 188 Å². The molecule has 2 atom stereocenters. The van der Waals surface area contributed by atoms with Crippen molar-refractivity contribution in [3.05, 3.63) is 82.4 Å². The van der Waals surface area contributed by atoms with Crippen molar-refractivity contribution in [2.24, 2.45) is 0 Å². The maximum atomic E-state index is 12.8. The highest BCUT2D eigenvalue weighted by Gasteiger charge is 2.30. The van der Waals surface area contributed by atoms with E-state index in [2.05, 4.69) is 11.1 Å². The predicted molar refractivity (Wildman–Crippen MR) is 113 cm³/mol. The Morgan fingerprint density at radius 3 is 2.23 bits per heavy atom. The molecule has 1 aliphatic rings.